The fourth-order valence-electron chi connectivity index (χ4n) is 4.73. The number of nitrogens with zero attached hydrogens (tertiary/aromatic N) is 1. The minimum absolute atomic E-state index is 0.0506. The SMILES string of the molecule is O=C(COc1ccc2c(c1)C[C@@H](NC[C@H](O)c1ccc(O)c(CCO)c1)CC2)N1CCCC1. The molecular formula is C26H34N2O5. The molecule has 2 atom stereocenters. The Morgan fingerprint density at radius 1 is 1.15 bits per heavy atom. The number of aromatic hydroxyl groups is 1. The Bertz CT molecular complexity index is 958. The van der Waals surface area contributed by atoms with Crippen molar-refractivity contribution in [3.8, 4) is 11.5 Å². The molecule has 178 valence electrons. The Morgan fingerprint density at radius 3 is 2.76 bits per heavy atom. The smallest absolute Gasteiger partial charge is 0.260 e. The molecule has 4 rings (SSSR count). The van der Waals surface area contributed by atoms with Crippen molar-refractivity contribution in [2.45, 2.75) is 50.7 Å². The van der Waals surface area contributed by atoms with E-state index in [2.05, 4.69) is 11.4 Å². The Morgan fingerprint density at radius 2 is 1.97 bits per heavy atom. The van der Waals surface area contributed by atoms with Crippen LogP contribution in [0.3, 0.4) is 0 Å². The van der Waals surface area contributed by atoms with Crippen molar-refractivity contribution in [3.63, 3.8) is 0 Å². The third-order valence-electron chi connectivity index (χ3n) is 6.70. The molecule has 2 aromatic carbocycles. The van der Waals surface area contributed by atoms with Gasteiger partial charge in [-0.15, -0.1) is 0 Å². The largest absolute Gasteiger partial charge is 0.508 e. The van der Waals surface area contributed by atoms with Gasteiger partial charge < -0.3 is 30.3 Å². The first kappa shape index (κ1) is 23.5. The lowest BCUT2D eigenvalue weighted by atomic mass is 9.88. The molecule has 1 aliphatic carbocycles. The van der Waals surface area contributed by atoms with Gasteiger partial charge in [0.15, 0.2) is 6.61 Å². The molecule has 0 aromatic heterocycles. The summed E-state index contributed by atoms with van der Waals surface area (Å²) in [7, 11) is 0. The van der Waals surface area contributed by atoms with E-state index in [-0.39, 0.29) is 30.9 Å². The van der Waals surface area contributed by atoms with Gasteiger partial charge in [0.05, 0.1) is 6.10 Å². The summed E-state index contributed by atoms with van der Waals surface area (Å²) >= 11 is 0. The fraction of sp³-hybridized carbons (Fsp3) is 0.500. The summed E-state index contributed by atoms with van der Waals surface area (Å²) in [6, 6.07) is 11.3. The molecule has 33 heavy (non-hydrogen) atoms. The van der Waals surface area contributed by atoms with E-state index in [1.54, 1.807) is 18.2 Å². The number of aryl methyl sites for hydroxylation is 1. The second-order valence-corrected chi connectivity index (χ2v) is 9.03. The second kappa shape index (κ2) is 11.0. The number of hydrogen-bond donors (Lipinski definition) is 4. The van der Waals surface area contributed by atoms with Gasteiger partial charge in [-0.3, -0.25) is 4.79 Å². The number of ether oxygens (including phenoxy) is 1. The highest BCUT2D eigenvalue weighted by molar-refractivity contribution is 5.78. The number of carbonyl (C=O) groups excluding carboxylic acids is 1. The van der Waals surface area contributed by atoms with E-state index in [0.717, 1.165) is 56.5 Å². The van der Waals surface area contributed by atoms with Gasteiger partial charge in [0.2, 0.25) is 0 Å². The molecule has 7 nitrogen and oxygen atoms in total. The Labute approximate surface area is 195 Å². The number of likely N-dealkylation sites (tertiary alicyclic amines) is 1. The topological polar surface area (TPSA) is 102 Å². The van der Waals surface area contributed by atoms with Crippen LogP contribution in [0.15, 0.2) is 36.4 Å². The molecule has 1 heterocycles. The number of nitrogens with one attached hydrogen (secondary N) is 1. The first-order valence-corrected chi connectivity index (χ1v) is 11.9. The lowest BCUT2D eigenvalue weighted by Crippen LogP contribution is -2.37. The van der Waals surface area contributed by atoms with E-state index in [9.17, 15) is 15.0 Å². The van der Waals surface area contributed by atoms with Crippen molar-refractivity contribution in [1.82, 2.24) is 10.2 Å². The lowest BCUT2D eigenvalue weighted by Gasteiger charge is -2.27. The summed E-state index contributed by atoms with van der Waals surface area (Å²) in [6.45, 7) is 2.10. The molecule has 0 radical (unpaired) electrons. The normalized spacial score (nSPS) is 18.7. The number of aliphatic hydroxyl groups excluding tert-OH is 2. The molecular weight excluding hydrogens is 420 g/mol. The zero-order chi connectivity index (χ0) is 23.2. The molecule has 1 aliphatic heterocycles. The number of fused-ring (bicyclic) bond motifs is 1. The van der Waals surface area contributed by atoms with Crippen molar-refractivity contribution < 1.29 is 24.9 Å². The van der Waals surface area contributed by atoms with Crippen LogP contribution in [0.4, 0.5) is 0 Å². The molecule has 1 amide bonds. The van der Waals surface area contributed by atoms with Crippen LogP contribution in [0.25, 0.3) is 0 Å². The number of rotatable bonds is 9. The van der Waals surface area contributed by atoms with Crippen LogP contribution in [-0.2, 0) is 24.1 Å². The highest BCUT2D eigenvalue weighted by Gasteiger charge is 2.22. The maximum absolute atomic E-state index is 12.2. The van der Waals surface area contributed by atoms with Crippen molar-refractivity contribution in [1.29, 1.82) is 0 Å². The Balaban J connectivity index is 1.30. The van der Waals surface area contributed by atoms with E-state index in [1.165, 1.54) is 11.1 Å². The average molecular weight is 455 g/mol. The van der Waals surface area contributed by atoms with Gasteiger partial charge in [-0.2, -0.15) is 0 Å². The molecule has 0 unspecified atom stereocenters. The van der Waals surface area contributed by atoms with Crippen LogP contribution in [0.1, 0.15) is 47.6 Å². The highest BCUT2D eigenvalue weighted by Crippen LogP contribution is 2.27. The number of aliphatic hydroxyl groups is 2. The first-order chi connectivity index (χ1) is 16.0. The van der Waals surface area contributed by atoms with Gasteiger partial charge in [-0.25, -0.2) is 0 Å². The molecule has 1 saturated heterocycles. The molecule has 1 fully saturated rings. The Kier molecular flexibility index (Phi) is 7.85. The number of phenolic OH excluding ortho intramolecular Hbond substituents is 1. The summed E-state index contributed by atoms with van der Waals surface area (Å²) < 4.78 is 5.79. The Hall–Kier alpha value is -2.61. The first-order valence-electron chi connectivity index (χ1n) is 11.9. The van der Waals surface area contributed by atoms with Crippen molar-refractivity contribution in [2.75, 3.05) is 32.8 Å². The number of amides is 1. The number of benzene rings is 2. The van der Waals surface area contributed by atoms with Gasteiger partial charge in [-0.05, 0) is 85.0 Å². The summed E-state index contributed by atoms with van der Waals surface area (Å²) in [5.74, 6) is 0.912. The molecule has 0 spiro atoms. The zero-order valence-electron chi connectivity index (χ0n) is 19.0. The molecule has 2 aliphatic rings. The van der Waals surface area contributed by atoms with Crippen molar-refractivity contribution in [3.05, 3.63) is 58.7 Å². The highest BCUT2D eigenvalue weighted by atomic mass is 16.5. The van der Waals surface area contributed by atoms with E-state index < -0.39 is 6.10 Å². The van der Waals surface area contributed by atoms with Gasteiger partial charge >= 0.3 is 0 Å². The molecule has 0 bridgehead atoms. The van der Waals surface area contributed by atoms with Crippen LogP contribution >= 0.6 is 0 Å². The number of hydrogen-bond acceptors (Lipinski definition) is 6. The quantitative estimate of drug-likeness (QED) is 0.463. The van der Waals surface area contributed by atoms with Crippen molar-refractivity contribution >= 4 is 5.91 Å². The minimum atomic E-state index is -0.698. The van der Waals surface area contributed by atoms with E-state index in [4.69, 9.17) is 9.84 Å². The lowest BCUT2D eigenvalue weighted by molar-refractivity contribution is -0.132. The van der Waals surface area contributed by atoms with Crippen LogP contribution in [0.5, 0.6) is 11.5 Å². The molecule has 7 heteroatoms. The molecule has 4 N–H and O–H groups in total. The van der Waals surface area contributed by atoms with E-state index >= 15 is 0 Å². The van der Waals surface area contributed by atoms with E-state index in [1.807, 2.05) is 17.0 Å². The number of carbonyl (C=O) groups is 1. The summed E-state index contributed by atoms with van der Waals surface area (Å²) in [6.07, 6.45) is 4.58. The zero-order valence-corrected chi connectivity index (χ0v) is 19.0. The third kappa shape index (κ3) is 6.05. The van der Waals surface area contributed by atoms with Crippen LogP contribution < -0.4 is 10.1 Å². The predicted molar refractivity (Wildman–Crippen MR) is 125 cm³/mol. The standard InChI is InChI=1S/C26H34N2O5/c29-12-9-20-13-19(5-8-24(20)30)25(31)16-27-22-6-3-18-4-7-23(15-21(18)14-22)33-17-26(32)28-10-1-2-11-28/h4-5,7-8,13,15,22,25,27,29-31H,1-3,6,9-12,14,16-17H2/t22-,25-/m0/s1. The van der Waals surface area contributed by atoms with E-state index in [0.29, 0.717) is 18.5 Å². The second-order valence-electron chi connectivity index (χ2n) is 9.03. The average Bonchev–Trinajstić information content (AvgIpc) is 3.37. The van der Waals surface area contributed by atoms with Gasteiger partial charge in [0.25, 0.3) is 5.91 Å². The summed E-state index contributed by atoms with van der Waals surface area (Å²) in [4.78, 5) is 14.1. The maximum Gasteiger partial charge on any atom is 0.260 e. The van der Waals surface area contributed by atoms with Gasteiger partial charge in [-0.1, -0.05) is 12.1 Å². The van der Waals surface area contributed by atoms with Crippen molar-refractivity contribution in [2.24, 2.45) is 0 Å². The maximum atomic E-state index is 12.2. The third-order valence-corrected chi connectivity index (χ3v) is 6.70. The van der Waals surface area contributed by atoms with Gasteiger partial charge in [0, 0.05) is 32.3 Å². The fourth-order valence-corrected chi connectivity index (χ4v) is 4.73. The monoisotopic (exact) mass is 454 g/mol. The summed E-state index contributed by atoms with van der Waals surface area (Å²) in [5, 5.41) is 33.1. The predicted octanol–water partition coefficient (Wildman–Crippen LogP) is 2.11. The van der Waals surface area contributed by atoms with Crippen LogP contribution in [0.2, 0.25) is 0 Å². The van der Waals surface area contributed by atoms with Gasteiger partial charge in [0.1, 0.15) is 11.5 Å². The minimum Gasteiger partial charge on any atom is -0.508 e. The van der Waals surface area contributed by atoms with Crippen LogP contribution in [-0.4, -0.2) is 65.0 Å². The number of phenols is 1. The van der Waals surface area contributed by atoms with Crippen LogP contribution in [0, 0.1) is 0 Å². The molecule has 0 saturated carbocycles. The summed E-state index contributed by atoms with van der Waals surface area (Å²) in [5.41, 5.74) is 3.88. The molecule has 2 aromatic rings.